The van der Waals surface area contributed by atoms with Crippen LogP contribution in [-0.4, -0.2) is 0 Å². The quantitative estimate of drug-likeness (QED) is 0.672. The number of aryl methyl sites for hydroxylation is 2. The summed E-state index contributed by atoms with van der Waals surface area (Å²) >= 11 is 0. The number of hydrogen-bond acceptors (Lipinski definition) is 0. The Morgan fingerprint density at radius 3 is 2.21 bits per heavy atom. The van der Waals surface area contributed by atoms with E-state index in [0.29, 0.717) is 5.56 Å². The second kappa shape index (κ2) is 3.68. The van der Waals surface area contributed by atoms with Gasteiger partial charge >= 0.3 is 0 Å². The molecular weight excluding hydrogens is 182 g/mol. The van der Waals surface area contributed by atoms with Crippen molar-refractivity contribution < 1.29 is 8.78 Å². The molecule has 0 amide bonds. The lowest BCUT2D eigenvalue weighted by molar-refractivity contribution is -0.0519. The van der Waals surface area contributed by atoms with E-state index < -0.39 is 11.8 Å². The molecule has 0 nitrogen and oxygen atoms in total. The van der Waals surface area contributed by atoms with Gasteiger partial charge in [0, 0.05) is 11.5 Å². The van der Waals surface area contributed by atoms with Gasteiger partial charge in [0.2, 0.25) is 0 Å². The van der Waals surface area contributed by atoms with Crippen LogP contribution in [0.15, 0.2) is 18.2 Å². The molecule has 0 aliphatic rings. The van der Waals surface area contributed by atoms with Crippen LogP contribution in [0.25, 0.3) is 0 Å². The highest BCUT2D eigenvalue weighted by molar-refractivity contribution is 5.34. The summed E-state index contributed by atoms with van der Waals surface area (Å²) in [6, 6.07) is 5.19. The molecule has 0 heterocycles. The van der Waals surface area contributed by atoms with Crippen LogP contribution >= 0.6 is 0 Å². The fourth-order valence-electron chi connectivity index (χ4n) is 1.41. The van der Waals surface area contributed by atoms with Gasteiger partial charge in [0.1, 0.15) is 0 Å². The van der Waals surface area contributed by atoms with Crippen molar-refractivity contribution in [1.29, 1.82) is 0 Å². The van der Waals surface area contributed by atoms with E-state index >= 15 is 0 Å². The Bertz CT molecular complexity index is 327. The Morgan fingerprint density at radius 2 is 1.71 bits per heavy atom. The summed E-state index contributed by atoms with van der Waals surface area (Å²) in [6.45, 7) is 6.65. The SMILES string of the molecule is Cc1ccc(C)c(C(F)(F)C(C)C)c1. The molecule has 0 unspecified atom stereocenters. The predicted molar refractivity (Wildman–Crippen MR) is 54.6 cm³/mol. The molecule has 2 heteroatoms. The molecule has 0 saturated carbocycles. The highest BCUT2D eigenvalue weighted by Crippen LogP contribution is 2.37. The van der Waals surface area contributed by atoms with E-state index in [2.05, 4.69) is 0 Å². The summed E-state index contributed by atoms with van der Waals surface area (Å²) in [5.74, 6) is -3.39. The molecule has 0 aromatic heterocycles. The Labute approximate surface area is 84.0 Å². The molecule has 0 radical (unpaired) electrons. The highest BCUT2D eigenvalue weighted by atomic mass is 19.3. The van der Waals surface area contributed by atoms with E-state index in [1.54, 1.807) is 32.9 Å². The standard InChI is InChI=1S/C12H16F2/c1-8(2)12(13,14)11-7-9(3)5-6-10(11)4/h5-8H,1-4H3. The molecule has 1 aromatic carbocycles. The van der Waals surface area contributed by atoms with Gasteiger partial charge in [-0.25, -0.2) is 8.78 Å². The van der Waals surface area contributed by atoms with Crippen LogP contribution in [0.1, 0.15) is 30.5 Å². The molecule has 0 bridgehead atoms. The Balaban J connectivity index is 3.24. The van der Waals surface area contributed by atoms with Crippen molar-refractivity contribution in [2.24, 2.45) is 5.92 Å². The van der Waals surface area contributed by atoms with Crippen molar-refractivity contribution in [2.45, 2.75) is 33.6 Å². The summed E-state index contributed by atoms with van der Waals surface area (Å²) in [5.41, 5.74) is 1.70. The molecule has 1 rings (SSSR count). The third-order valence-electron chi connectivity index (χ3n) is 2.48. The van der Waals surface area contributed by atoms with Gasteiger partial charge in [0.25, 0.3) is 5.92 Å². The summed E-state index contributed by atoms with van der Waals surface area (Å²) in [6.07, 6.45) is 0. The molecule has 0 aliphatic carbocycles. The minimum Gasteiger partial charge on any atom is -0.201 e. The molecule has 0 N–H and O–H groups in total. The first-order valence-electron chi connectivity index (χ1n) is 4.81. The minimum absolute atomic E-state index is 0.160. The highest BCUT2D eigenvalue weighted by Gasteiger charge is 2.36. The van der Waals surface area contributed by atoms with Gasteiger partial charge < -0.3 is 0 Å². The molecular formula is C12H16F2. The molecule has 0 saturated heterocycles. The van der Waals surface area contributed by atoms with E-state index in [1.165, 1.54) is 0 Å². The summed E-state index contributed by atoms with van der Waals surface area (Å²) in [5, 5.41) is 0. The van der Waals surface area contributed by atoms with E-state index in [4.69, 9.17) is 0 Å². The number of halogens is 2. The second-order valence-corrected chi connectivity index (χ2v) is 4.10. The van der Waals surface area contributed by atoms with Gasteiger partial charge in [0.05, 0.1) is 0 Å². The number of rotatable bonds is 2. The summed E-state index contributed by atoms with van der Waals surface area (Å²) in [7, 11) is 0. The first-order valence-corrected chi connectivity index (χ1v) is 4.81. The largest absolute Gasteiger partial charge is 0.275 e. The van der Waals surface area contributed by atoms with Gasteiger partial charge in [-0.05, 0) is 25.5 Å². The predicted octanol–water partition coefficient (Wildman–Crippen LogP) is 4.05. The average molecular weight is 198 g/mol. The van der Waals surface area contributed by atoms with E-state index in [1.807, 2.05) is 13.0 Å². The Hall–Kier alpha value is -0.920. The van der Waals surface area contributed by atoms with Crippen molar-refractivity contribution in [3.05, 3.63) is 34.9 Å². The van der Waals surface area contributed by atoms with Crippen LogP contribution in [0.2, 0.25) is 0 Å². The fourth-order valence-corrected chi connectivity index (χ4v) is 1.41. The van der Waals surface area contributed by atoms with Gasteiger partial charge in [-0.2, -0.15) is 0 Å². The Kier molecular flexibility index (Phi) is 2.93. The molecule has 0 fully saturated rings. The van der Waals surface area contributed by atoms with Gasteiger partial charge in [0.15, 0.2) is 0 Å². The van der Waals surface area contributed by atoms with Crippen molar-refractivity contribution in [3.8, 4) is 0 Å². The topological polar surface area (TPSA) is 0 Å². The molecule has 0 aliphatic heterocycles. The van der Waals surface area contributed by atoms with Crippen molar-refractivity contribution >= 4 is 0 Å². The van der Waals surface area contributed by atoms with Gasteiger partial charge in [-0.3, -0.25) is 0 Å². The first kappa shape index (κ1) is 11.2. The van der Waals surface area contributed by atoms with Crippen LogP contribution in [-0.2, 0) is 5.92 Å². The van der Waals surface area contributed by atoms with Crippen LogP contribution in [0.5, 0.6) is 0 Å². The zero-order valence-corrected chi connectivity index (χ0v) is 9.07. The molecule has 1 aromatic rings. The molecule has 14 heavy (non-hydrogen) atoms. The smallest absolute Gasteiger partial charge is 0.201 e. The third kappa shape index (κ3) is 1.94. The van der Waals surface area contributed by atoms with E-state index in [0.717, 1.165) is 5.56 Å². The van der Waals surface area contributed by atoms with E-state index in [9.17, 15) is 8.78 Å². The maximum absolute atomic E-state index is 13.7. The Morgan fingerprint density at radius 1 is 1.14 bits per heavy atom. The minimum atomic E-state index is -2.73. The maximum atomic E-state index is 13.7. The number of alkyl halides is 2. The summed E-state index contributed by atoms with van der Waals surface area (Å²) in [4.78, 5) is 0. The molecule has 78 valence electrons. The first-order chi connectivity index (χ1) is 6.35. The van der Waals surface area contributed by atoms with Crippen molar-refractivity contribution in [2.75, 3.05) is 0 Å². The normalized spacial score (nSPS) is 12.2. The third-order valence-corrected chi connectivity index (χ3v) is 2.48. The molecule has 0 spiro atoms. The van der Waals surface area contributed by atoms with Crippen LogP contribution in [0, 0.1) is 19.8 Å². The van der Waals surface area contributed by atoms with Crippen LogP contribution in [0.3, 0.4) is 0 Å². The lowest BCUT2D eigenvalue weighted by Crippen LogP contribution is -2.22. The average Bonchev–Trinajstić information content (AvgIpc) is 2.08. The zero-order valence-electron chi connectivity index (χ0n) is 9.07. The lowest BCUT2D eigenvalue weighted by Gasteiger charge is -2.23. The number of hydrogen-bond donors (Lipinski definition) is 0. The van der Waals surface area contributed by atoms with Crippen LogP contribution < -0.4 is 0 Å². The zero-order chi connectivity index (χ0) is 10.9. The second-order valence-electron chi connectivity index (χ2n) is 4.10. The summed E-state index contributed by atoms with van der Waals surface area (Å²) < 4.78 is 27.4. The van der Waals surface area contributed by atoms with Crippen molar-refractivity contribution in [3.63, 3.8) is 0 Å². The van der Waals surface area contributed by atoms with Gasteiger partial charge in [-0.1, -0.05) is 31.5 Å². The van der Waals surface area contributed by atoms with E-state index in [-0.39, 0.29) is 5.56 Å². The number of benzene rings is 1. The van der Waals surface area contributed by atoms with Gasteiger partial charge in [-0.15, -0.1) is 0 Å². The maximum Gasteiger partial charge on any atom is 0.275 e. The fraction of sp³-hybridized carbons (Fsp3) is 0.500. The molecule has 0 atom stereocenters. The van der Waals surface area contributed by atoms with Crippen LogP contribution in [0.4, 0.5) is 8.78 Å². The monoisotopic (exact) mass is 198 g/mol. The lowest BCUT2D eigenvalue weighted by atomic mass is 9.93. The van der Waals surface area contributed by atoms with Crippen molar-refractivity contribution in [1.82, 2.24) is 0 Å².